The maximum Gasteiger partial charge on any atom is 0.304 e. The van der Waals surface area contributed by atoms with E-state index in [4.69, 9.17) is 10.6 Å². The van der Waals surface area contributed by atoms with Crippen molar-refractivity contribution in [3.05, 3.63) is 24.3 Å². The van der Waals surface area contributed by atoms with Gasteiger partial charge in [0.1, 0.15) is 11.0 Å². The zero-order valence-corrected chi connectivity index (χ0v) is 11.7. The topological polar surface area (TPSA) is 77.8 Å². The van der Waals surface area contributed by atoms with Gasteiger partial charge in [-0.2, -0.15) is 0 Å². The third kappa shape index (κ3) is 3.89. The molecule has 2 rings (SSSR count). The van der Waals surface area contributed by atoms with Crippen LogP contribution in [-0.2, 0) is 0 Å². The molecule has 0 aliphatic heterocycles. The summed E-state index contributed by atoms with van der Waals surface area (Å²) in [5.41, 5.74) is 1.33. The zero-order valence-electron chi connectivity index (χ0n) is 11.7. The van der Waals surface area contributed by atoms with Crippen LogP contribution >= 0.6 is 0 Å². The Hall–Kier alpha value is -2.20. The van der Waals surface area contributed by atoms with E-state index in [9.17, 15) is 0 Å². The summed E-state index contributed by atoms with van der Waals surface area (Å²) in [4.78, 5) is 0.759. The van der Waals surface area contributed by atoms with Crippen LogP contribution in [0.5, 0.6) is 0 Å². The van der Waals surface area contributed by atoms with E-state index < -0.39 is 0 Å². The summed E-state index contributed by atoms with van der Waals surface area (Å²) in [6, 6.07) is 10.4. The Morgan fingerprint density at radius 1 is 1.21 bits per heavy atom. The Morgan fingerprint density at radius 2 is 1.79 bits per heavy atom. The fraction of sp³-hybridized carbons (Fsp3) is 0.462. The lowest BCUT2D eigenvalue weighted by Gasteiger charge is -2.09. The Kier molecular flexibility index (Phi) is 5.21. The van der Waals surface area contributed by atoms with E-state index in [0.29, 0.717) is 23.1 Å². The van der Waals surface area contributed by atoms with E-state index in [1.165, 1.54) is 0 Å². The van der Waals surface area contributed by atoms with Gasteiger partial charge in [-0.05, 0) is 45.0 Å². The largest absolute Gasteiger partial charge is 0.410 e. The SMILES string of the molecule is CC(C)[N+](=C=N)C(C)C.On1nnc2ccccc21. The van der Waals surface area contributed by atoms with Gasteiger partial charge in [0.05, 0.1) is 12.1 Å². The molecule has 6 heteroatoms. The van der Waals surface area contributed by atoms with Crippen LogP contribution in [0.3, 0.4) is 0 Å². The maximum absolute atomic E-state index is 8.95. The van der Waals surface area contributed by atoms with Crippen LogP contribution in [0.15, 0.2) is 24.3 Å². The molecule has 0 bridgehead atoms. The average Bonchev–Trinajstić information content (AvgIpc) is 2.72. The van der Waals surface area contributed by atoms with Crippen molar-refractivity contribution in [3.63, 3.8) is 0 Å². The zero-order chi connectivity index (χ0) is 14.4. The van der Waals surface area contributed by atoms with Gasteiger partial charge in [0.25, 0.3) is 0 Å². The van der Waals surface area contributed by atoms with E-state index in [1.54, 1.807) is 12.1 Å². The van der Waals surface area contributed by atoms with Crippen molar-refractivity contribution in [2.24, 2.45) is 0 Å². The molecule has 6 nitrogen and oxygen atoms in total. The summed E-state index contributed by atoms with van der Waals surface area (Å²) in [6.45, 7) is 8.23. The molecule has 0 saturated heterocycles. The summed E-state index contributed by atoms with van der Waals surface area (Å²) in [7, 11) is 0. The molecule has 0 saturated carbocycles. The first-order chi connectivity index (χ1) is 8.97. The van der Waals surface area contributed by atoms with E-state index in [-0.39, 0.29) is 0 Å². The first-order valence-corrected chi connectivity index (χ1v) is 6.17. The predicted octanol–water partition coefficient (Wildman–Crippen LogP) is 2.24. The highest BCUT2D eigenvalue weighted by molar-refractivity contribution is 5.73. The number of nitrogens with one attached hydrogen (secondary N) is 1. The minimum atomic E-state index is 0.391. The van der Waals surface area contributed by atoms with E-state index in [2.05, 4.69) is 44.0 Å². The number of hydrogen-bond donors (Lipinski definition) is 2. The van der Waals surface area contributed by atoms with Gasteiger partial charge in [0.15, 0.2) is 0 Å². The molecule has 0 aliphatic carbocycles. The molecule has 19 heavy (non-hydrogen) atoms. The number of nitrogens with zero attached hydrogens (tertiary/aromatic N) is 4. The highest BCUT2D eigenvalue weighted by Crippen LogP contribution is 2.06. The second kappa shape index (κ2) is 6.66. The van der Waals surface area contributed by atoms with Crippen LogP contribution in [0, 0.1) is 5.41 Å². The number of fused-ring (bicyclic) bond motifs is 1. The Balaban J connectivity index is 0.000000192. The summed E-state index contributed by atoms with van der Waals surface area (Å²) < 4.78 is 1.88. The van der Waals surface area contributed by atoms with Gasteiger partial charge in [-0.3, -0.25) is 0 Å². The molecule has 2 N–H and O–H groups in total. The minimum Gasteiger partial charge on any atom is -0.410 e. The van der Waals surface area contributed by atoms with Crippen LogP contribution in [-0.4, -0.2) is 43.0 Å². The van der Waals surface area contributed by atoms with Gasteiger partial charge in [0, 0.05) is 0 Å². The molecule has 0 spiro atoms. The lowest BCUT2D eigenvalue weighted by molar-refractivity contribution is -0.582. The monoisotopic (exact) mass is 262 g/mol. The van der Waals surface area contributed by atoms with Gasteiger partial charge in [0.2, 0.25) is 0 Å². The Bertz CT molecular complexity index is 571. The number of para-hydroxylation sites is 1. The maximum atomic E-state index is 8.95. The van der Waals surface area contributed by atoms with Gasteiger partial charge in [-0.15, -0.1) is 5.10 Å². The van der Waals surface area contributed by atoms with Gasteiger partial charge < -0.3 is 5.21 Å². The summed E-state index contributed by atoms with van der Waals surface area (Å²) in [6.07, 6.45) is 0. The van der Waals surface area contributed by atoms with E-state index in [1.807, 2.05) is 16.7 Å². The normalized spacial score (nSPS) is 10.2. The standard InChI is InChI=1S/C7H15N2.C6H5N3O/c1-6(2)9(5-8)7(3)4;10-9-6-4-2-1-3-5(6)7-8-9/h6-8H,1-4H3;1-4,10H/q+1;. The molecule has 102 valence electrons. The van der Waals surface area contributed by atoms with E-state index in [0.717, 1.165) is 4.85 Å². The number of hydrogen-bond acceptors (Lipinski definition) is 4. The molecule has 0 fully saturated rings. The highest BCUT2D eigenvalue weighted by Gasteiger charge is 2.08. The van der Waals surface area contributed by atoms with Crippen LogP contribution in [0.4, 0.5) is 0 Å². The third-order valence-electron chi connectivity index (χ3n) is 2.58. The number of aromatic nitrogens is 3. The van der Waals surface area contributed by atoms with Gasteiger partial charge in [-0.1, -0.05) is 22.4 Å². The molecule has 1 aromatic carbocycles. The highest BCUT2D eigenvalue weighted by atomic mass is 16.5. The van der Waals surface area contributed by atoms with Crippen molar-refractivity contribution in [1.82, 2.24) is 15.2 Å². The van der Waals surface area contributed by atoms with Crippen molar-refractivity contribution in [3.8, 4) is 0 Å². The van der Waals surface area contributed by atoms with Crippen LogP contribution < -0.4 is 0 Å². The molecular weight excluding hydrogens is 242 g/mol. The quantitative estimate of drug-likeness (QED) is 0.495. The van der Waals surface area contributed by atoms with Crippen molar-refractivity contribution in [2.45, 2.75) is 39.8 Å². The molecule has 0 radical (unpaired) electrons. The second-order valence-electron chi connectivity index (χ2n) is 4.67. The van der Waals surface area contributed by atoms with Crippen LogP contribution in [0.25, 0.3) is 11.0 Å². The minimum absolute atomic E-state index is 0.391. The fourth-order valence-electron chi connectivity index (χ4n) is 1.71. The van der Waals surface area contributed by atoms with Crippen molar-refractivity contribution in [1.29, 1.82) is 5.41 Å². The molecule has 2 aromatic rings. The summed E-state index contributed by atoms with van der Waals surface area (Å²) >= 11 is 0. The van der Waals surface area contributed by atoms with Crippen LogP contribution in [0.2, 0.25) is 0 Å². The Morgan fingerprint density at radius 3 is 2.21 bits per heavy atom. The lowest BCUT2D eigenvalue weighted by atomic mass is 10.3. The van der Waals surface area contributed by atoms with Gasteiger partial charge in [-0.25, -0.2) is 4.58 Å². The van der Waals surface area contributed by atoms with Gasteiger partial charge >= 0.3 is 6.01 Å². The first kappa shape index (κ1) is 14.9. The average molecular weight is 262 g/mol. The molecular formula is C13H20N5O+. The van der Waals surface area contributed by atoms with Crippen molar-refractivity contribution < 1.29 is 9.78 Å². The molecule has 0 atom stereocenters. The molecule has 0 unspecified atom stereocenters. The van der Waals surface area contributed by atoms with Crippen molar-refractivity contribution >= 4 is 17.0 Å². The molecule has 0 aliphatic rings. The molecule has 0 amide bonds. The smallest absolute Gasteiger partial charge is 0.304 e. The first-order valence-electron chi connectivity index (χ1n) is 6.17. The summed E-state index contributed by atoms with van der Waals surface area (Å²) in [5, 5.41) is 23.0. The fourth-order valence-corrected chi connectivity index (χ4v) is 1.71. The Labute approximate surface area is 112 Å². The van der Waals surface area contributed by atoms with Crippen molar-refractivity contribution in [2.75, 3.05) is 0 Å². The van der Waals surface area contributed by atoms with E-state index >= 15 is 0 Å². The third-order valence-corrected chi connectivity index (χ3v) is 2.58. The summed E-state index contributed by atoms with van der Waals surface area (Å²) in [5.74, 6) is 0. The van der Waals surface area contributed by atoms with Crippen LogP contribution in [0.1, 0.15) is 27.7 Å². The predicted molar refractivity (Wildman–Crippen MR) is 73.0 cm³/mol. The second-order valence-corrected chi connectivity index (χ2v) is 4.67. The molecule has 1 heterocycles. The number of benzene rings is 1. The molecule has 1 aromatic heterocycles. The number of rotatable bonds is 2. The lowest BCUT2D eigenvalue weighted by Crippen LogP contribution is -2.26.